The quantitative estimate of drug-likeness (QED) is 0.922. The molecule has 0 fully saturated rings. The van der Waals surface area contributed by atoms with Gasteiger partial charge < -0.3 is 5.11 Å². The van der Waals surface area contributed by atoms with Crippen LogP contribution in [0, 0.1) is 11.6 Å². The molecule has 0 bridgehead atoms. The summed E-state index contributed by atoms with van der Waals surface area (Å²) in [5, 5.41) is 12.6. The maximum absolute atomic E-state index is 13.2. The van der Waals surface area contributed by atoms with Crippen LogP contribution in [0.3, 0.4) is 0 Å². The van der Waals surface area contributed by atoms with Gasteiger partial charge in [-0.05, 0) is 18.6 Å². The molecule has 1 N–H and O–H groups in total. The number of aryl methyl sites for hydroxylation is 1. The van der Waals surface area contributed by atoms with Crippen LogP contribution in [0.15, 0.2) is 18.2 Å². The van der Waals surface area contributed by atoms with Gasteiger partial charge in [-0.2, -0.15) is 0 Å². The Hall–Kier alpha value is -2.31. The highest BCUT2D eigenvalue weighted by Gasteiger charge is 2.16. The summed E-state index contributed by atoms with van der Waals surface area (Å²) in [6, 6.07) is 2.88. The topological polar surface area (TPSA) is 68.0 Å². The van der Waals surface area contributed by atoms with Crippen LogP contribution in [-0.4, -0.2) is 25.8 Å². The van der Waals surface area contributed by atoms with Gasteiger partial charge in [0.25, 0.3) is 5.82 Å². The lowest BCUT2D eigenvalue weighted by molar-refractivity contribution is 0.0683. The molecule has 0 spiro atoms. The second kappa shape index (κ2) is 5.13. The van der Waals surface area contributed by atoms with E-state index in [2.05, 4.69) is 10.1 Å². The Morgan fingerprint density at radius 2 is 1.95 bits per heavy atom. The van der Waals surface area contributed by atoms with E-state index in [9.17, 15) is 13.6 Å². The molecule has 0 aliphatic rings. The van der Waals surface area contributed by atoms with Crippen molar-refractivity contribution in [1.29, 1.82) is 0 Å². The van der Waals surface area contributed by atoms with Crippen LogP contribution in [0.25, 0.3) is 5.69 Å². The second-order valence-corrected chi connectivity index (χ2v) is 3.95. The molecular weight excluding hydrogens is 256 g/mol. The third-order valence-corrected chi connectivity index (χ3v) is 2.43. The molecule has 0 amide bonds. The van der Waals surface area contributed by atoms with Gasteiger partial charge in [-0.15, -0.1) is 5.10 Å². The van der Waals surface area contributed by atoms with Gasteiger partial charge in [0.1, 0.15) is 17.5 Å². The summed E-state index contributed by atoms with van der Waals surface area (Å²) < 4.78 is 27.5. The molecule has 0 aliphatic heterocycles. The summed E-state index contributed by atoms with van der Waals surface area (Å²) in [6.45, 7) is 1.88. The zero-order chi connectivity index (χ0) is 14.0. The van der Waals surface area contributed by atoms with Crippen molar-refractivity contribution < 1.29 is 18.7 Å². The lowest BCUT2D eigenvalue weighted by atomic mass is 10.3. The molecule has 1 aromatic carbocycles. The summed E-state index contributed by atoms with van der Waals surface area (Å²) >= 11 is 0. The van der Waals surface area contributed by atoms with E-state index < -0.39 is 23.4 Å². The molecule has 0 radical (unpaired) electrons. The van der Waals surface area contributed by atoms with Gasteiger partial charge in [0.2, 0.25) is 0 Å². The number of carboxylic acids is 1. The van der Waals surface area contributed by atoms with Crippen LogP contribution in [0.2, 0.25) is 0 Å². The van der Waals surface area contributed by atoms with Crippen LogP contribution in [0.1, 0.15) is 29.8 Å². The van der Waals surface area contributed by atoms with E-state index >= 15 is 0 Å². The number of rotatable bonds is 4. The van der Waals surface area contributed by atoms with Crippen molar-refractivity contribution in [2.45, 2.75) is 19.8 Å². The molecule has 0 saturated heterocycles. The van der Waals surface area contributed by atoms with Crippen molar-refractivity contribution in [3.63, 3.8) is 0 Å². The number of hydrogen-bond acceptors (Lipinski definition) is 3. The van der Waals surface area contributed by atoms with Gasteiger partial charge in [-0.25, -0.2) is 23.2 Å². The first-order chi connectivity index (χ1) is 9.01. The fourth-order valence-corrected chi connectivity index (χ4v) is 1.69. The zero-order valence-corrected chi connectivity index (χ0v) is 10.1. The first kappa shape index (κ1) is 13.1. The van der Waals surface area contributed by atoms with Crippen molar-refractivity contribution >= 4 is 5.97 Å². The Bertz CT molecular complexity index is 605. The maximum atomic E-state index is 13.2. The third kappa shape index (κ3) is 2.75. The summed E-state index contributed by atoms with van der Waals surface area (Å²) in [6.07, 6.45) is 1.16. The number of carboxylic acid groups (broad SMARTS) is 1. The molecule has 1 aromatic heterocycles. The van der Waals surface area contributed by atoms with Crippen LogP contribution in [0.5, 0.6) is 0 Å². The molecule has 0 saturated carbocycles. The lowest BCUT2D eigenvalue weighted by Gasteiger charge is -2.05. The fraction of sp³-hybridized carbons (Fsp3) is 0.250. The lowest BCUT2D eigenvalue weighted by Crippen LogP contribution is -2.04. The Labute approximate surface area is 107 Å². The molecule has 2 aromatic rings. The van der Waals surface area contributed by atoms with Gasteiger partial charge in [-0.3, -0.25) is 0 Å². The summed E-state index contributed by atoms with van der Waals surface area (Å²) in [5.74, 6) is -2.85. The molecule has 19 heavy (non-hydrogen) atoms. The van der Waals surface area contributed by atoms with Crippen molar-refractivity contribution in [2.75, 3.05) is 0 Å². The Morgan fingerprint density at radius 1 is 1.32 bits per heavy atom. The van der Waals surface area contributed by atoms with Crippen LogP contribution in [0.4, 0.5) is 8.78 Å². The van der Waals surface area contributed by atoms with E-state index in [4.69, 9.17) is 5.11 Å². The molecule has 7 heteroatoms. The predicted molar refractivity (Wildman–Crippen MR) is 62.2 cm³/mol. The summed E-state index contributed by atoms with van der Waals surface area (Å²) in [4.78, 5) is 14.7. The number of aromatic nitrogens is 3. The normalized spacial score (nSPS) is 10.7. The van der Waals surface area contributed by atoms with Gasteiger partial charge >= 0.3 is 5.97 Å². The molecule has 100 valence electrons. The predicted octanol–water partition coefficient (Wildman–Crippen LogP) is 2.20. The minimum Gasteiger partial charge on any atom is -0.475 e. The van der Waals surface area contributed by atoms with E-state index in [0.717, 1.165) is 22.9 Å². The number of nitrogens with zero attached hydrogens (tertiary/aromatic N) is 3. The maximum Gasteiger partial charge on any atom is 0.375 e. The number of benzene rings is 1. The van der Waals surface area contributed by atoms with Crippen molar-refractivity contribution in [2.24, 2.45) is 0 Å². The average molecular weight is 267 g/mol. The van der Waals surface area contributed by atoms with Crippen molar-refractivity contribution in [3.8, 4) is 5.69 Å². The van der Waals surface area contributed by atoms with E-state index in [-0.39, 0.29) is 5.69 Å². The number of aromatic carboxylic acids is 1. The summed E-state index contributed by atoms with van der Waals surface area (Å²) in [5.41, 5.74) is 0.112. The highest BCUT2D eigenvalue weighted by Crippen LogP contribution is 2.15. The van der Waals surface area contributed by atoms with E-state index in [1.165, 1.54) is 0 Å². The first-order valence-corrected chi connectivity index (χ1v) is 5.67. The molecule has 0 unspecified atom stereocenters. The number of halogens is 2. The molecular formula is C12H11F2N3O2. The largest absolute Gasteiger partial charge is 0.475 e. The fourth-order valence-electron chi connectivity index (χ4n) is 1.69. The highest BCUT2D eigenvalue weighted by atomic mass is 19.1. The minimum absolute atomic E-state index is 0.112. The van der Waals surface area contributed by atoms with Gasteiger partial charge in [-0.1, -0.05) is 6.92 Å². The average Bonchev–Trinajstić information content (AvgIpc) is 2.72. The van der Waals surface area contributed by atoms with E-state index in [0.29, 0.717) is 18.7 Å². The molecule has 1 heterocycles. The molecule has 0 atom stereocenters. The Kier molecular flexibility index (Phi) is 3.55. The molecule has 2 rings (SSSR count). The van der Waals surface area contributed by atoms with Gasteiger partial charge in [0.05, 0.1) is 5.69 Å². The zero-order valence-electron chi connectivity index (χ0n) is 10.1. The van der Waals surface area contributed by atoms with Crippen LogP contribution in [-0.2, 0) is 6.42 Å². The minimum atomic E-state index is -1.28. The SMILES string of the molecule is CCCc1nc(C(=O)O)nn1-c1cc(F)cc(F)c1. The Balaban J connectivity index is 2.55. The smallest absolute Gasteiger partial charge is 0.375 e. The first-order valence-electron chi connectivity index (χ1n) is 5.67. The van der Waals surface area contributed by atoms with Crippen molar-refractivity contribution in [3.05, 3.63) is 41.5 Å². The van der Waals surface area contributed by atoms with Gasteiger partial charge in [0.15, 0.2) is 0 Å². The standard InChI is InChI=1S/C12H11F2N3O2/c1-2-3-10-15-11(12(18)19)16-17(10)9-5-7(13)4-8(14)6-9/h4-6H,2-3H2,1H3,(H,18,19). The monoisotopic (exact) mass is 267 g/mol. The van der Waals surface area contributed by atoms with Crippen molar-refractivity contribution in [1.82, 2.24) is 14.8 Å². The van der Waals surface area contributed by atoms with Crippen LogP contribution < -0.4 is 0 Å². The molecule has 0 aliphatic carbocycles. The Morgan fingerprint density at radius 3 is 2.47 bits per heavy atom. The second-order valence-electron chi connectivity index (χ2n) is 3.95. The summed E-state index contributed by atoms with van der Waals surface area (Å²) in [7, 11) is 0. The van der Waals surface area contributed by atoms with Crippen LogP contribution >= 0.6 is 0 Å². The van der Waals surface area contributed by atoms with E-state index in [1.807, 2.05) is 6.92 Å². The number of carbonyl (C=O) groups is 1. The molecule has 5 nitrogen and oxygen atoms in total. The third-order valence-electron chi connectivity index (χ3n) is 2.43. The van der Waals surface area contributed by atoms with Gasteiger partial charge in [0, 0.05) is 12.5 Å². The van der Waals surface area contributed by atoms with E-state index in [1.54, 1.807) is 0 Å². The number of hydrogen-bond donors (Lipinski definition) is 1. The highest BCUT2D eigenvalue weighted by molar-refractivity contribution is 5.83.